The molecule has 0 aromatic carbocycles. The number of pyridine rings is 1. The molecule has 0 radical (unpaired) electrons. The number of aryl methyl sites for hydroxylation is 2. The third-order valence-corrected chi connectivity index (χ3v) is 5.72. The van der Waals surface area contributed by atoms with E-state index in [-0.39, 0.29) is 23.8 Å². The molecule has 2 aliphatic rings. The van der Waals surface area contributed by atoms with Gasteiger partial charge in [0, 0.05) is 37.8 Å². The van der Waals surface area contributed by atoms with Crippen LogP contribution in [0.15, 0.2) is 6.07 Å². The normalized spacial score (nSPS) is 20.0. The molecule has 0 spiro atoms. The fourth-order valence-electron chi connectivity index (χ4n) is 4.17. The highest BCUT2D eigenvalue weighted by Crippen LogP contribution is 2.40. The summed E-state index contributed by atoms with van der Waals surface area (Å²) in [7, 11) is 1.88. The van der Waals surface area contributed by atoms with Crippen LogP contribution in [0, 0.1) is 12.8 Å². The minimum absolute atomic E-state index is 0.00699. The molecule has 2 amide bonds. The number of likely N-dealkylation sites (tertiary alicyclic amines) is 1. The molecule has 0 bridgehead atoms. The van der Waals surface area contributed by atoms with Gasteiger partial charge in [-0.3, -0.25) is 14.3 Å². The van der Waals surface area contributed by atoms with Gasteiger partial charge in [-0.2, -0.15) is 5.10 Å². The van der Waals surface area contributed by atoms with Gasteiger partial charge in [-0.25, -0.2) is 4.98 Å². The molecule has 3 heterocycles. The second-order valence-electron chi connectivity index (χ2n) is 8.53. The van der Waals surface area contributed by atoms with E-state index in [2.05, 4.69) is 10.4 Å². The van der Waals surface area contributed by atoms with Gasteiger partial charge < -0.3 is 10.2 Å². The topological polar surface area (TPSA) is 80.1 Å². The molecule has 7 heteroatoms. The van der Waals surface area contributed by atoms with Gasteiger partial charge in [0.25, 0.3) is 5.91 Å². The summed E-state index contributed by atoms with van der Waals surface area (Å²) in [5.41, 5.74) is 3.27. The van der Waals surface area contributed by atoms with Crippen molar-refractivity contribution in [2.75, 3.05) is 13.1 Å². The predicted molar refractivity (Wildman–Crippen MR) is 107 cm³/mol. The Kier molecular flexibility index (Phi) is 4.85. The van der Waals surface area contributed by atoms with Crippen molar-refractivity contribution in [1.82, 2.24) is 25.0 Å². The highest BCUT2D eigenvalue weighted by molar-refractivity contribution is 6.06. The lowest BCUT2D eigenvalue weighted by Gasteiger charge is -2.32. The first kappa shape index (κ1) is 18.9. The van der Waals surface area contributed by atoms with Gasteiger partial charge in [-0.05, 0) is 52.5 Å². The number of nitrogens with zero attached hydrogens (tertiary/aromatic N) is 4. The van der Waals surface area contributed by atoms with Gasteiger partial charge in [0.2, 0.25) is 5.91 Å². The summed E-state index contributed by atoms with van der Waals surface area (Å²) in [4.78, 5) is 32.6. The number of aromatic nitrogens is 3. The van der Waals surface area contributed by atoms with Gasteiger partial charge in [-0.15, -0.1) is 0 Å². The maximum atomic E-state index is 13.5. The van der Waals surface area contributed by atoms with Crippen molar-refractivity contribution in [3.8, 4) is 0 Å². The first-order valence-electron chi connectivity index (χ1n) is 10.3. The Morgan fingerprint density at radius 3 is 2.68 bits per heavy atom. The van der Waals surface area contributed by atoms with E-state index in [4.69, 9.17) is 4.98 Å². The second kappa shape index (κ2) is 7.18. The minimum atomic E-state index is -0.143. The molecule has 4 rings (SSSR count). The molecule has 1 aliphatic carbocycles. The van der Waals surface area contributed by atoms with E-state index in [1.165, 1.54) is 0 Å². The quantitative estimate of drug-likeness (QED) is 0.880. The van der Waals surface area contributed by atoms with Gasteiger partial charge in [0.05, 0.1) is 22.6 Å². The first-order chi connectivity index (χ1) is 13.3. The van der Waals surface area contributed by atoms with Crippen LogP contribution in [-0.2, 0) is 11.8 Å². The maximum absolute atomic E-state index is 13.5. The van der Waals surface area contributed by atoms with Crippen molar-refractivity contribution in [3.63, 3.8) is 0 Å². The van der Waals surface area contributed by atoms with Crippen LogP contribution < -0.4 is 5.32 Å². The molecule has 150 valence electrons. The van der Waals surface area contributed by atoms with Gasteiger partial charge >= 0.3 is 0 Å². The van der Waals surface area contributed by atoms with Crippen LogP contribution in [0.25, 0.3) is 11.0 Å². The molecule has 2 aromatic heterocycles. The summed E-state index contributed by atoms with van der Waals surface area (Å²) < 4.78 is 1.77. The van der Waals surface area contributed by atoms with Crippen molar-refractivity contribution < 1.29 is 9.59 Å². The van der Waals surface area contributed by atoms with E-state index in [9.17, 15) is 9.59 Å². The van der Waals surface area contributed by atoms with E-state index in [0.717, 1.165) is 48.1 Å². The first-order valence-corrected chi connectivity index (χ1v) is 10.3. The number of rotatable bonds is 4. The minimum Gasteiger partial charge on any atom is -0.354 e. The summed E-state index contributed by atoms with van der Waals surface area (Å²) in [6.07, 6.45) is 3.93. The maximum Gasteiger partial charge on any atom is 0.254 e. The monoisotopic (exact) mass is 383 g/mol. The Bertz CT molecular complexity index is 929. The molecular weight excluding hydrogens is 354 g/mol. The summed E-state index contributed by atoms with van der Waals surface area (Å²) >= 11 is 0. The van der Waals surface area contributed by atoms with Gasteiger partial charge in [0.15, 0.2) is 5.65 Å². The third kappa shape index (κ3) is 3.50. The molecule has 1 saturated carbocycles. The van der Waals surface area contributed by atoms with Crippen molar-refractivity contribution in [2.24, 2.45) is 13.0 Å². The largest absolute Gasteiger partial charge is 0.354 e. The Labute approximate surface area is 165 Å². The summed E-state index contributed by atoms with van der Waals surface area (Å²) in [6.45, 7) is 7.00. The van der Waals surface area contributed by atoms with Crippen LogP contribution in [0.1, 0.15) is 67.2 Å². The summed E-state index contributed by atoms with van der Waals surface area (Å²) in [5.74, 6) is 0.350. The van der Waals surface area contributed by atoms with E-state index < -0.39 is 0 Å². The zero-order valence-electron chi connectivity index (χ0n) is 17.2. The van der Waals surface area contributed by atoms with E-state index in [1.807, 2.05) is 38.8 Å². The van der Waals surface area contributed by atoms with Crippen LogP contribution in [0.2, 0.25) is 0 Å². The standard InChI is InChI=1S/C21H29N5O2/c1-12(2)22-20(27)15-6-5-9-26(11-15)21(28)16-10-17(14-7-8-14)23-19-18(16)13(3)24-25(19)4/h10,12,14-15H,5-9,11H2,1-4H3,(H,22,27). The lowest BCUT2D eigenvalue weighted by Crippen LogP contribution is -2.46. The molecule has 1 unspecified atom stereocenters. The molecule has 2 aromatic rings. The summed E-state index contributed by atoms with van der Waals surface area (Å²) in [5, 5.41) is 8.32. The van der Waals surface area contributed by atoms with E-state index in [0.29, 0.717) is 24.6 Å². The highest BCUT2D eigenvalue weighted by Gasteiger charge is 2.32. The number of carbonyl (C=O) groups is 2. The SMILES string of the molecule is Cc1nn(C)c2nc(C3CC3)cc(C(=O)N3CCCC(C(=O)NC(C)C)C3)c12. The van der Waals surface area contributed by atoms with E-state index >= 15 is 0 Å². The zero-order valence-corrected chi connectivity index (χ0v) is 17.2. The molecule has 7 nitrogen and oxygen atoms in total. The van der Waals surface area contributed by atoms with Crippen LogP contribution in [0.3, 0.4) is 0 Å². The van der Waals surface area contributed by atoms with Crippen LogP contribution in [0.4, 0.5) is 0 Å². The fourth-order valence-corrected chi connectivity index (χ4v) is 4.17. The Balaban J connectivity index is 1.65. The fraction of sp³-hybridized carbons (Fsp3) is 0.619. The number of amides is 2. The Morgan fingerprint density at radius 1 is 1.25 bits per heavy atom. The Hall–Kier alpha value is -2.44. The molecule has 1 aliphatic heterocycles. The predicted octanol–water partition coefficient (Wildman–Crippen LogP) is 2.53. The van der Waals surface area contributed by atoms with Crippen molar-refractivity contribution in [3.05, 3.63) is 23.0 Å². The van der Waals surface area contributed by atoms with Crippen molar-refractivity contribution in [1.29, 1.82) is 0 Å². The smallest absolute Gasteiger partial charge is 0.254 e. The van der Waals surface area contributed by atoms with E-state index in [1.54, 1.807) is 4.68 Å². The number of carbonyl (C=O) groups excluding carboxylic acids is 2. The van der Waals surface area contributed by atoms with Gasteiger partial charge in [0.1, 0.15) is 0 Å². The molecule has 1 N–H and O–H groups in total. The number of hydrogen-bond acceptors (Lipinski definition) is 4. The van der Waals surface area contributed by atoms with Crippen molar-refractivity contribution in [2.45, 2.75) is 58.4 Å². The van der Waals surface area contributed by atoms with Crippen LogP contribution in [0.5, 0.6) is 0 Å². The lowest BCUT2D eigenvalue weighted by atomic mass is 9.95. The van der Waals surface area contributed by atoms with Crippen LogP contribution in [-0.4, -0.2) is 50.6 Å². The molecule has 1 saturated heterocycles. The molecule has 28 heavy (non-hydrogen) atoms. The van der Waals surface area contributed by atoms with Crippen molar-refractivity contribution >= 4 is 22.8 Å². The second-order valence-corrected chi connectivity index (χ2v) is 8.53. The lowest BCUT2D eigenvalue weighted by molar-refractivity contribution is -0.126. The number of nitrogens with one attached hydrogen (secondary N) is 1. The Morgan fingerprint density at radius 2 is 2.00 bits per heavy atom. The highest BCUT2D eigenvalue weighted by atomic mass is 16.2. The summed E-state index contributed by atoms with van der Waals surface area (Å²) in [6, 6.07) is 2.08. The molecule has 2 fully saturated rings. The third-order valence-electron chi connectivity index (χ3n) is 5.72. The average Bonchev–Trinajstić information content (AvgIpc) is 3.47. The number of fused-ring (bicyclic) bond motifs is 1. The average molecular weight is 383 g/mol. The zero-order chi connectivity index (χ0) is 20.0. The molecule has 1 atom stereocenters. The van der Waals surface area contributed by atoms with Crippen LogP contribution >= 0.6 is 0 Å². The van der Waals surface area contributed by atoms with Gasteiger partial charge in [-0.1, -0.05) is 0 Å². The molecular formula is C21H29N5O2. The number of hydrogen-bond donors (Lipinski definition) is 1. The number of piperidine rings is 1.